The number of hydrogen-bond donors (Lipinski definition) is 1. The molecule has 16 heavy (non-hydrogen) atoms. The maximum atomic E-state index is 5.59. The van der Waals surface area contributed by atoms with Crippen LogP contribution < -0.4 is 5.32 Å². The molecule has 0 saturated heterocycles. The van der Waals surface area contributed by atoms with E-state index in [1.165, 1.54) is 19.3 Å². The Balaban J connectivity index is 2.33. The Morgan fingerprint density at radius 1 is 1.19 bits per heavy atom. The van der Waals surface area contributed by atoms with Gasteiger partial charge in [0.2, 0.25) is 11.8 Å². The summed E-state index contributed by atoms with van der Waals surface area (Å²) in [5.41, 5.74) is 0. The van der Waals surface area contributed by atoms with Crippen molar-refractivity contribution in [2.45, 2.75) is 58.9 Å². The second-order valence-electron chi connectivity index (χ2n) is 4.12. The van der Waals surface area contributed by atoms with Crippen LogP contribution in [0.1, 0.15) is 64.3 Å². The Bertz CT molecular complexity index is 286. The van der Waals surface area contributed by atoms with E-state index in [-0.39, 0.29) is 6.04 Å². The molecule has 1 N–H and O–H groups in total. The molecule has 0 amide bonds. The van der Waals surface area contributed by atoms with Gasteiger partial charge in [0.05, 0.1) is 6.04 Å². The topological polar surface area (TPSA) is 51.0 Å². The predicted molar refractivity (Wildman–Crippen MR) is 64.2 cm³/mol. The largest absolute Gasteiger partial charge is 0.424 e. The summed E-state index contributed by atoms with van der Waals surface area (Å²) < 4.78 is 5.59. The standard InChI is InChI=1S/C12H23N3O/c1-4-6-7-8-9-11-14-15-12(16-11)10(3)13-5-2/h10,13H,4-9H2,1-3H3. The van der Waals surface area contributed by atoms with Gasteiger partial charge < -0.3 is 9.73 Å². The second kappa shape index (κ2) is 7.39. The molecular formula is C12H23N3O. The number of nitrogens with zero attached hydrogens (tertiary/aromatic N) is 2. The lowest BCUT2D eigenvalue weighted by Gasteiger charge is -2.05. The van der Waals surface area contributed by atoms with E-state index in [1.807, 2.05) is 6.92 Å². The Kier molecular flexibility index (Phi) is 6.08. The van der Waals surface area contributed by atoms with Crippen molar-refractivity contribution in [1.29, 1.82) is 0 Å². The molecular weight excluding hydrogens is 202 g/mol. The monoisotopic (exact) mass is 225 g/mol. The zero-order chi connectivity index (χ0) is 11.8. The van der Waals surface area contributed by atoms with Crippen LogP contribution in [-0.2, 0) is 6.42 Å². The van der Waals surface area contributed by atoms with E-state index in [1.54, 1.807) is 0 Å². The van der Waals surface area contributed by atoms with Crippen LogP contribution in [0.25, 0.3) is 0 Å². The van der Waals surface area contributed by atoms with Crippen molar-refractivity contribution >= 4 is 0 Å². The molecule has 1 aromatic heterocycles. The van der Waals surface area contributed by atoms with Crippen LogP contribution in [0.2, 0.25) is 0 Å². The molecule has 1 atom stereocenters. The summed E-state index contributed by atoms with van der Waals surface area (Å²) in [7, 11) is 0. The van der Waals surface area contributed by atoms with Crippen molar-refractivity contribution in [3.8, 4) is 0 Å². The minimum absolute atomic E-state index is 0.155. The summed E-state index contributed by atoms with van der Waals surface area (Å²) in [4.78, 5) is 0. The summed E-state index contributed by atoms with van der Waals surface area (Å²) in [6, 6.07) is 0.155. The second-order valence-corrected chi connectivity index (χ2v) is 4.12. The SMILES string of the molecule is CCCCCCc1nnc(C(C)NCC)o1. The highest BCUT2D eigenvalue weighted by atomic mass is 16.4. The van der Waals surface area contributed by atoms with Crippen LogP contribution in [0.15, 0.2) is 4.42 Å². The van der Waals surface area contributed by atoms with Crippen LogP contribution in [0.5, 0.6) is 0 Å². The van der Waals surface area contributed by atoms with E-state index in [9.17, 15) is 0 Å². The Morgan fingerprint density at radius 3 is 2.69 bits per heavy atom. The predicted octanol–water partition coefficient (Wildman–Crippen LogP) is 2.86. The van der Waals surface area contributed by atoms with E-state index in [0.717, 1.165) is 25.3 Å². The number of rotatable bonds is 8. The Hall–Kier alpha value is -0.900. The van der Waals surface area contributed by atoms with Gasteiger partial charge in [-0.1, -0.05) is 33.1 Å². The molecule has 1 aromatic rings. The molecule has 0 spiro atoms. The third kappa shape index (κ3) is 4.31. The maximum absolute atomic E-state index is 5.59. The van der Waals surface area contributed by atoms with E-state index < -0.39 is 0 Å². The molecule has 0 aromatic carbocycles. The molecule has 4 heteroatoms. The summed E-state index contributed by atoms with van der Waals surface area (Å²) in [5, 5.41) is 11.4. The van der Waals surface area contributed by atoms with Gasteiger partial charge in [0.25, 0.3) is 0 Å². The average molecular weight is 225 g/mol. The first-order valence-electron chi connectivity index (χ1n) is 6.33. The summed E-state index contributed by atoms with van der Waals surface area (Å²) >= 11 is 0. The quantitative estimate of drug-likeness (QED) is 0.691. The lowest BCUT2D eigenvalue weighted by atomic mass is 10.1. The summed E-state index contributed by atoms with van der Waals surface area (Å²) in [6.45, 7) is 7.23. The van der Waals surface area contributed by atoms with Crippen molar-refractivity contribution in [3.63, 3.8) is 0 Å². The Morgan fingerprint density at radius 2 is 2.00 bits per heavy atom. The normalized spacial score (nSPS) is 12.9. The highest BCUT2D eigenvalue weighted by Gasteiger charge is 2.12. The van der Waals surface area contributed by atoms with Crippen LogP contribution in [-0.4, -0.2) is 16.7 Å². The van der Waals surface area contributed by atoms with E-state index in [2.05, 4.69) is 29.4 Å². The van der Waals surface area contributed by atoms with Crippen molar-refractivity contribution in [1.82, 2.24) is 15.5 Å². The summed E-state index contributed by atoms with van der Waals surface area (Å²) in [5.74, 6) is 1.48. The van der Waals surface area contributed by atoms with Gasteiger partial charge in [-0.3, -0.25) is 0 Å². The minimum Gasteiger partial charge on any atom is -0.424 e. The fourth-order valence-electron chi connectivity index (χ4n) is 1.64. The molecule has 1 heterocycles. The van der Waals surface area contributed by atoms with Crippen LogP contribution in [0.4, 0.5) is 0 Å². The zero-order valence-corrected chi connectivity index (χ0v) is 10.6. The number of unbranched alkanes of at least 4 members (excludes halogenated alkanes) is 3. The molecule has 1 rings (SSSR count). The van der Waals surface area contributed by atoms with Gasteiger partial charge in [-0.05, 0) is 19.9 Å². The molecule has 0 aliphatic carbocycles. The van der Waals surface area contributed by atoms with E-state index >= 15 is 0 Å². The lowest BCUT2D eigenvalue weighted by Crippen LogP contribution is -2.17. The third-order valence-electron chi connectivity index (χ3n) is 2.61. The zero-order valence-electron chi connectivity index (χ0n) is 10.6. The van der Waals surface area contributed by atoms with Crippen LogP contribution in [0, 0.1) is 0 Å². The van der Waals surface area contributed by atoms with Gasteiger partial charge in [-0.25, -0.2) is 0 Å². The maximum Gasteiger partial charge on any atom is 0.233 e. The van der Waals surface area contributed by atoms with Crippen molar-refractivity contribution in [3.05, 3.63) is 11.8 Å². The number of nitrogens with one attached hydrogen (secondary N) is 1. The highest BCUT2D eigenvalue weighted by Crippen LogP contribution is 2.12. The van der Waals surface area contributed by atoms with Gasteiger partial charge in [-0.2, -0.15) is 0 Å². The number of aryl methyl sites for hydroxylation is 1. The Labute approximate surface area is 97.8 Å². The average Bonchev–Trinajstić information content (AvgIpc) is 2.73. The molecule has 0 fully saturated rings. The smallest absolute Gasteiger partial charge is 0.233 e. The van der Waals surface area contributed by atoms with E-state index in [0.29, 0.717) is 5.89 Å². The van der Waals surface area contributed by atoms with Gasteiger partial charge in [-0.15, -0.1) is 10.2 Å². The fraction of sp³-hybridized carbons (Fsp3) is 0.833. The van der Waals surface area contributed by atoms with Gasteiger partial charge >= 0.3 is 0 Å². The number of hydrogen-bond acceptors (Lipinski definition) is 4. The first-order chi connectivity index (χ1) is 7.77. The van der Waals surface area contributed by atoms with Gasteiger partial charge in [0, 0.05) is 6.42 Å². The molecule has 1 unspecified atom stereocenters. The molecule has 4 nitrogen and oxygen atoms in total. The van der Waals surface area contributed by atoms with Gasteiger partial charge in [0.1, 0.15) is 0 Å². The first-order valence-corrected chi connectivity index (χ1v) is 6.33. The minimum atomic E-state index is 0.155. The summed E-state index contributed by atoms with van der Waals surface area (Å²) in [6.07, 6.45) is 5.84. The van der Waals surface area contributed by atoms with E-state index in [4.69, 9.17) is 4.42 Å². The highest BCUT2D eigenvalue weighted by molar-refractivity contribution is 4.88. The van der Waals surface area contributed by atoms with Crippen LogP contribution >= 0.6 is 0 Å². The molecule has 0 saturated carbocycles. The molecule has 0 aliphatic rings. The van der Waals surface area contributed by atoms with Crippen LogP contribution in [0.3, 0.4) is 0 Å². The van der Waals surface area contributed by atoms with Crippen molar-refractivity contribution in [2.75, 3.05) is 6.54 Å². The molecule has 0 aliphatic heterocycles. The van der Waals surface area contributed by atoms with Gasteiger partial charge in [0.15, 0.2) is 0 Å². The molecule has 0 radical (unpaired) electrons. The van der Waals surface area contributed by atoms with Crippen molar-refractivity contribution in [2.24, 2.45) is 0 Å². The van der Waals surface area contributed by atoms with Crippen molar-refractivity contribution < 1.29 is 4.42 Å². The molecule has 92 valence electrons. The molecule has 0 bridgehead atoms. The lowest BCUT2D eigenvalue weighted by molar-refractivity contribution is 0.393. The number of aromatic nitrogens is 2. The first kappa shape index (κ1) is 13.2. The third-order valence-corrected chi connectivity index (χ3v) is 2.61. The fourth-order valence-corrected chi connectivity index (χ4v) is 1.64.